The topological polar surface area (TPSA) is 71.1 Å². The number of benzene rings is 1. The highest BCUT2D eigenvalue weighted by Gasteiger charge is 2.19. The molecule has 0 saturated carbocycles. The molecule has 7 nitrogen and oxygen atoms in total. The van der Waals surface area contributed by atoms with Crippen LogP contribution >= 0.6 is 0 Å². The maximum Gasteiger partial charge on any atom is 0.317 e. The molecule has 1 aromatic carbocycles. The fraction of sp³-hybridized carbons (Fsp3) is 0.467. The molecule has 1 aliphatic rings. The summed E-state index contributed by atoms with van der Waals surface area (Å²) in [6, 6.07) is 7.19. The summed E-state index contributed by atoms with van der Waals surface area (Å²) in [5.41, 5.74) is 0. The van der Waals surface area contributed by atoms with Crippen LogP contribution < -0.4 is 14.8 Å². The van der Waals surface area contributed by atoms with E-state index in [1.165, 1.54) is 0 Å². The number of ether oxygens (including phenoxy) is 2. The van der Waals surface area contributed by atoms with Crippen molar-refractivity contribution in [2.75, 3.05) is 46.4 Å². The predicted octanol–water partition coefficient (Wildman–Crippen LogP) is 0.558. The standard InChI is InChI=1S/C15H21N3O4/c1-21-13-3-2-4-14(11-13)22-10-5-16-15(20)18-8-6-17(12-19)7-9-18/h2-4,11-12H,5-10H2,1H3,(H,16,20). The van der Waals surface area contributed by atoms with E-state index in [0.29, 0.717) is 45.1 Å². The number of urea groups is 1. The maximum atomic E-state index is 11.9. The van der Waals surface area contributed by atoms with Gasteiger partial charge in [-0.05, 0) is 12.1 Å². The molecule has 1 N–H and O–H groups in total. The molecule has 7 heteroatoms. The number of carbonyl (C=O) groups excluding carboxylic acids is 2. The number of nitrogens with one attached hydrogen (secondary N) is 1. The Hall–Kier alpha value is -2.44. The normalized spacial score (nSPS) is 14.4. The van der Waals surface area contributed by atoms with Crippen molar-refractivity contribution in [3.8, 4) is 11.5 Å². The summed E-state index contributed by atoms with van der Waals surface area (Å²) in [6.45, 7) is 3.08. The molecule has 1 aliphatic heterocycles. The summed E-state index contributed by atoms with van der Waals surface area (Å²) in [5.74, 6) is 1.43. The van der Waals surface area contributed by atoms with Gasteiger partial charge in [-0.1, -0.05) is 6.07 Å². The Labute approximate surface area is 129 Å². The van der Waals surface area contributed by atoms with E-state index in [4.69, 9.17) is 9.47 Å². The number of amides is 3. The van der Waals surface area contributed by atoms with Crippen molar-refractivity contribution < 1.29 is 19.1 Å². The van der Waals surface area contributed by atoms with Crippen LogP contribution in [0.3, 0.4) is 0 Å². The van der Waals surface area contributed by atoms with Crippen molar-refractivity contribution in [3.05, 3.63) is 24.3 Å². The van der Waals surface area contributed by atoms with Gasteiger partial charge in [-0.15, -0.1) is 0 Å². The predicted molar refractivity (Wildman–Crippen MR) is 81.1 cm³/mol. The second kappa shape index (κ2) is 8.11. The first kappa shape index (κ1) is 15.9. The van der Waals surface area contributed by atoms with Crippen molar-refractivity contribution in [1.29, 1.82) is 0 Å². The molecule has 0 spiro atoms. The van der Waals surface area contributed by atoms with Gasteiger partial charge in [-0.3, -0.25) is 4.79 Å². The van der Waals surface area contributed by atoms with Gasteiger partial charge in [0.05, 0.1) is 13.7 Å². The lowest BCUT2D eigenvalue weighted by Crippen LogP contribution is -2.51. The van der Waals surface area contributed by atoms with E-state index in [-0.39, 0.29) is 6.03 Å². The first-order chi connectivity index (χ1) is 10.7. The van der Waals surface area contributed by atoms with E-state index in [1.807, 2.05) is 18.2 Å². The lowest BCUT2D eigenvalue weighted by atomic mass is 10.3. The molecule has 1 fully saturated rings. The Morgan fingerprint density at radius 1 is 1.27 bits per heavy atom. The molecule has 0 aromatic heterocycles. The molecule has 2 rings (SSSR count). The summed E-state index contributed by atoms with van der Waals surface area (Å²) in [5, 5.41) is 2.81. The highest BCUT2D eigenvalue weighted by Crippen LogP contribution is 2.18. The van der Waals surface area contributed by atoms with Crippen molar-refractivity contribution in [2.45, 2.75) is 0 Å². The molecule has 0 aliphatic carbocycles. The van der Waals surface area contributed by atoms with Gasteiger partial charge in [0, 0.05) is 32.2 Å². The van der Waals surface area contributed by atoms with Gasteiger partial charge in [-0.25, -0.2) is 4.79 Å². The van der Waals surface area contributed by atoms with Crippen molar-refractivity contribution in [1.82, 2.24) is 15.1 Å². The van der Waals surface area contributed by atoms with E-state index in [2.05, 4.69) is 5.32 Å². The number of methoxy groups -OCH3 is 1. The first-order valence-corrected chi connectivity index (χ1v) is 7.22. The van der Waals surface area contributed by atoms with Crippen LogP contribution in [-0.2, 0) is 4.79 Å². The first-order valence-electron chi connectivity index (χ1n) is 7.22. The minimum absolute atomic E-state index is 0.125. The Morgan fingerprint density at radius 2 is 2.00 bits per heavy atom. The molecule has 0 atom stereocenters. The van der Waals surface area contributed by atoms with Crippen molar-refractivity contribution in [2.24, 2.45) is 0 Å². The Bertz CT molecular complexity index is 501. The fourth-order valence-electron chi connectivity index (χ4n) is 2.16. The lowest BCUT2D eigenvalue weighted by Gasteiger charge is -2.32. The van der Waals surface area contributed by atoms with E-state index >= 15 is 0 Å². The molecule has 0 unspecified atom stereocenters. The Kier molecular flexibility index (Phi) is 5.88. The summed E-state index contributed by atoms with van der Waals surface area (Å²) < 4.78 is 10.7. The van der Waals surface area contributed by atoms with Crippen molar-refractivity contribution in [3.63, 3.8) is 0 Å². The Balaban J connectivity index is 1.66. The van der Waals surface area contributed by atoms with Gasteiger partial charge in [-0.2, -0.15) is 0 Å². The number of hydrogen-bond acceptors (Lipinski definition) is 4. The number of hydrogen-bond donors (Lipinski definition) is 1. The average Bonchev–Trinajstić information content (AvgIpc) is 2.58. The van der Waals surface area contributed by atoms with Crippen molar-refractivity contribution >= 4 is 12.4 Å². The second-order valence-corrected chi connectivity index (χ2v) is 4.89. The van der Waals surface area contributed by atoms with Crippen LogP contribution in [0.1, 0.15) is 0 Å². The molecule has 22 heavy (non-hydrogen) atoms. The van der Waals surface area contributed by atoms with Crippen LogP contribution in [0.4, 0.5) is 4.79 Å². The third-order valence-electron chi connectivity index (χ3n) is 3.44. The Morgan fingerprint density at radius 3 is 2.68 bits per heavy atom. The van der Waals surface area contributed by atoms with Gasteiger partial charge in [0.15, 0.2) is 0 Å². The summed E-state index contributed by atoms with van der Waals surface area (Å²) >= 11 is 0. The second-order valence-electron chi connectivity index (χ2n) is 4.89. The largest absolute Gasteiger partial charge is 0.497 e. The van der Waals surface area contributed by atoms with E-state index in [0.717, 1.165) is 12.2 Å². The lowest BCUT2D eigenvalue weighted by molar-refractivity contribution is -0.119. The summed E-state index contributed by atoms with van der Waals surface area (Å²) in [6.07, 6.45) is 0.817. The number of piperazine rings is 1. The zero-order valence-corrected chi connectivity index (χ0v) is 12.7. The van der Waals surface area contributed by atoms with Crippen LogP contribution in [-0.4, -0.2) is 68.7 Å². The average molecular weight is 307 g/mol. The maximum absolute atomic E-state index is 11.9. The smallest absolute Gasteiger partial charge is 0.317 e. The van der Waals surface area contributed by atoms with Crippen LogP contribution in [0.2, 0.25) is 0 Å². The third-order valence-corrected chi connectivity index (χ3v) is 3.44. The van der Waals surface area contributed by atoms with Gasteiger partial charge >= 0.3 is 6.03 Å². The molecular weight excluding hydrogens is 286 g/mol. The number of nitrogens with zero attached hydrogens (tertiary/aromatic N) is 2. The van der Waals surface area contributed by atoms with Gasteiger partial charge in [0.2, 0.25) is 6.41 Å². The summed E-state index contributed by atoms with van der Waals surface area (Å²) in [4.78, 5) is 25.9. The van der Waals surface area contributed by atoms with Gasteiger partial charge in [0.25, 0.3) is 0 Å². The molecule has 1 saturated heterocycles. The number of carbonyl (C=O) groups is 2. The minimum Gasteiger partial charge on any atom is -0.497 e. The fourth-order valence-corrected chi connectivity index (χ4v) is 2.16. The highest BCUT2D eigenvalue weighted by atomic mass is 16.5. The zero-order chi connectivity index (χ0) is 15.8. The summed E-state index contributed by atoms with van der Waals surface area (Å²) in [7, 11) is 1.60. The van der Waals surface area contributed by atoms with Crippen LogP contribution in [0.15, 0.2) is 24.3 Å². The van der Waals surface area contributed by atoms with Crippen LogP contribution in [0, 0.1) is 0 Å². The minimum atomic E-state index is -0.125. The number of rotatable bonds is 6. The van der Waals surface area contributed by atoms with Gasteiger partial charge < -0.3 is 24.6 Å². The monoisotopic (exact) mass is 307 g/mol. The molecule has 1 heterocycles. The quantitative estimate of drug-likeness (QED) is 0.616. The molecule has 0 bridgehead atoms. The highest BCUT2D eigenvalue weighted by molar-refractivity contribution is 5.74. The molecule has 3 amide bonds. The van der Waals surface area contributed by atoms with Gasteiger partial charge in [0.1, 0.15) is 18.1 Å². The van der Waals surface area contributed by atoms with E-state index in [9.17, 15) is 9.59 Å². The third kappa shape index (κ3) is 4.54. The van der Waals surface area contributed by atoms with E-state index < -0.39 is 0 Å². The molecule has 120 valence electrons. The molecule has 1 aromatic rings. The molecule has 0 radical (unpaired) electrons. The van der Waals surface area contributed by atoms with Crippen LogP contribution in [0.25, 0.3) is 0 Å². The van der Waals surface area contributed by atoms with Crippen LogP contribution in [0.5, 0.6) is 11.5 Å². The molecular formula is C15H21N3O4. The van der Waals surface area contributed by atoms with E-state index in [1.54, 1.807) is 23.0 Å². The SMILES string of the molecule is COc1cccc(OCCNC(=O)N2CCN(C=O)CC2)c1. The zero-order valence-electron chi connectivity index (χ0n) is 12.7.